The Kier molecular flexibility index (Phi) is 5.16. The number of likely N-dealkylation sites (tertiary alicyclic amines) is 1. The van der Waals surface area contributed by atoms with E-state index in [-0.39, 0.29) is 5.91 Å². The van der Waals surface area contributed by atoms with Crippen LogP contribution in [0.1, 0.15) is 23.2 Å². The van der Waals surface area contributed by atoms with E-state index in [1.54, 1.807) is 32.4 Å². The van der Waals surface area contributed by atoms with Gasteiger partial charge >= 0.3 is 0 Å². The third kappa shape index (κ3) is 4.19. The van der Waals surface area contributed by atoms with Crippen LogP contribution in [0.5, 0.6) is 11.5 Å². The van der Waals surface area contributed by atoms with E-state index in [9.17, 15) is 4.79 Å². The van der Waals surface area contributed by atoms with Crippen LogP contribution in [-0.4, -0.2) is 46.0 Å². The summed E-state index contributed by atoms with van der Waals surface area (Å²) in [4.78, 5) is 13.7. The summed E-state index contributed by atoms with van der Waals surface area (Å²) in [6.45, 7) is 2.11. The molecule has 1 aliphatic rings. The number of hydrogen-bond donors (Lipinski definition) is 2. The van der Waals surface area contributed by atoms with E-state index in [0.29, 0.717) is 17.1 Å². The van der Waals surface area contributed by atoms with Crippen molar-refractivity contribution in [3.63, 3.8) is 0 Å². The zero-order valence-corrected chi connectivity index (χ0v) is 12.7. The first kappa shape index (κ1) is 15.3. The van der Waals surface area contributed by atoms with E-state index in [1.165, 1.54) is 4.90 Å². The molecule has 6 nitrogen and oxygen atoms in total. The number of hydrazone groups is 1. The Morgan fingerprint density at radius 3 is 2.24 bits per heavy atom. The first-order chi connectivity index (χ1) is 10.1. The second-order valence-corrected chi connectivity index (χ2v) is 5.18. The fourth-order valence-electron chi connectivity index (χ4n) is 2.21. The van der Waals surface area contributed by atoms with Crippen LogP contribution in [0.2, 0.25) is 0 Å². The van der Waals surface area contributed by atoms with Crippen molar-refractivity contribution in [1.82, 2.24) is 5.43 Å². The highest BCUT2D eigenvalue weighted by molar-refractivity contribution is 5.96. The normalized spacial score (nSPS) is 18.0. The van der Waals surface area contributed by atoms with Crippen LogP contribution in [0.25, 0.3) is 0 Å². The Labute approximate surface area is 124 Å². The summed E-state index contributed by atoms with van der Waals surface area (Å²) in [6, 6.07) is 5.05. The molecule has 1 heterocycles. The number of methoxy groups -OCH3 is 2. The average molecular weight is 292 g/mol. The lowest BCUT2D eigenvalue weighted by Gasteiger charge is -2.20. The number of nitrogens with zero attached hydrogens (tertiary/aromatic N) is 1. The van der Waals surface area contributed by atoms with E-state index in [4.69, 9.17) is 9.47 Å². The molecular weight excluding hydrogens is 270 g/mol. The van der Waals surface area contributed by atoms with Gasteiger partial charge in [-0.2, -0.15) is 5.10 Å². The molecule has 1 aromatic rings. The van der Waals surface area contributed by atoms with Gasteiger partial charge in [-0.05, 0) is 12.1 Å². The summed E-state index contributed by atoms with van der Waals surface area (Å²) in [6.07, 6.45) is 1.85. The summed E-state index contributed by atoms with van der Waals surface area (Å²) in [5.74, 6) is 0.899. The molecular formula is C15H22N3O3+. The fraction of sp³-hybridized carbons (Fsp3) is 0.467. The zero-order valence-electron chi connectivity index (χ0n) is 12.7. The minimum absolute atomic E-state index is 0.258. The van der Waals surface area contributed by atoms with Crippen molar-refractivity contribution < 1.29 is 19.2 Å². The maximum atomic E-state index is 12.2. The fourth-order valence-corrected chi connectivity index (χ4v) is 2.21. The van der Waals surface area contributed by atoms with Gasteiger partial charge in [-0.3, -0.25) is 4.79 Å². The van der Waals surface area contributed by atoms with Gasteiger partial charge in [-0.25, -0.2) is 5.43 Å². The number of piperidine rings is 1. The Hall–Kier alpha value is -2.08. The van der Waals surface area contributed by atoms with Crippen LogP contribution in [0.15, 0.2) is 23.3 Å². The van der Waals surface area contributed by atoms with Gasteiger partial charge in [0, 0.05) is 30.2 Å². The standard InChI is InChI=1S/C15H21N3O3/c1-18-6-4-12(5-7-18)16-17-15(19)11-8-13(20-2)10-14(9-11)21-3/h8-10H,4-7H2,1-3H3,(H,17,19)/p+1. The topological polar surface area (TPSA) is 64.4 Å². The molecule has 6 heteroatoms. The third-order valence-electron chi connectivity index (χ3n) is 3.61. The van der Waals surface area contributed by atoms with Gasteiger partial charge in [-0.15, -0.1) is 0 Å². The van der Waals surface area contributed by atoms with Crippen molar-refractivity contribution in [2.45, 2.75) is 12.8 Å². The predicted octanol–water partition coefficient (Wildman–Crippen LogP) is 0.0981. The Morgan fingerprint density at radius 2 is 1.71 bits per heavy atom. The van der Waals surface area contributed by atoms with E-state index >= 15 is 0 Å². The van der Waals surface area contributed by atoms with Crippen molar-refractivity contribution in [2.75, 3.05) is 34.4 Å². The number of hydrogen-bond acceptors (Lipinski definition) is 4. The summed E-state index contributed by atoms with van der Waals surface area (Å²) in [5.41, 5.74) is 4.13. The Bertz CT molecular complexity index is 511. The molecule has 114 valence electrons. The van der Waals surface area contributed by atoms with Crippen LogP contribution in [0.4, 0.5) is 0 Å². The molecule has 0 spiro atoms. The molecule has 2 N–H and O–H groups in total. The molecule has 0 saturated carbocycles. The molecule has 0 aliphatic carbocycles. The second-order valence-electron chi connectivity index (χ2n) is 5.18. The lowest BCUT2D eigenvalue weighted by molar-refractivity contribution is -0.880. The molecule has 0 unspecified atom stereocenters. The smallest absolute Gasteiger partial charge is 0.271 e. The maximum Gasteiger partial charge on any atom is 0.271 e. The quantitative estimate of drug-likeness (QED) is 0.774. The van der Waals surface area contributed by atoms with E-state index in [0.717, 1.165) is 31.6 Å². The second kappa shape index (κ2) is 7.08. The van der Waals surface area contributed by atoms with Crippen molar-refractivity contribution in [3.05, 3.63) is 23.8 Å². The number of amides is 1. The van der Waals surface area contributed by atoms with Gasteiger partial charge < -0.3 is 14.4 Å². The zero-order chi connectivity index (χ0) is 15.2. The highest BCUT2D eigenvalue weighted by atomic mass is 16.5. The minimum atomic E-state index is -0.258. The highest BCUT2D eigenvalue weighted by Gasteiger charge is 2.15. The molecule has 1 aromatic carbocycles. The van der Waals surface area contributed by atoms with Gasteiger partial charge in [0.2, 0.25) is 0 Å². The molecule has 1 fully saturated rings. The highest BCUT2D eigenvalue weighted by Crippen LogP contribution is 2.22. The van der Waals surface area contributed by atoms with Crippen LogP contribution in [0.3, 0.4) is 0 Å². The molecule has 0 aromatic heterocycles. The summed E-state index contributed by atoms with van der Waals surface area (Å²) in [7, 11) is 5.27. The summed E-state index contributed by atoms with van der Waals surface area (Å²) in [5, 5.41) is 4.23. The molecule has 21 heavy (non-hydrogen) atoms. The number of quaternary nitrogens is 1. The summed E-state index contributed by atoms with van der Waals surface area (Å²) < 4.78 is 10.3. The number of carbonyl (C=O) groups excluding carboxylic acids is 1. The molecule has 1 aliphatic heterocycles. The largest absolute Gasteiger partial charge is 0.497 e. The molecule has 0 radical (unpaired) electrons. The van der Waals surface area contributed by atoms with Crippen molar-refractivity contribution in [2.24, 2.45) is 5.10 Å². The van der Waals surface area contributed by atoms with Crippen LogP contribution < -0.4 is 19.8 Å². The lowest BCUT2D eigenvalue weighted by atomic mass is 10.1. The first-order valence-electron chi connectivity index (χ1n) is 7.02. The number of rotatable bonds is 4. The number of nitrogens with one attached hydrogen (secondary N) is 2. The predicted molar refractivity (Wildman–Crippen MR) is 80.3 cm³/mol. The Balaban J connectivity index is 2.04. The monoisotopic (exact) mass is 292 g/mol. The maximum absolute atomic E-state index is 12.2. The molecule has 1 saturated heterocycles. The van der Waals surface area contributed by atoms with Gasteiger partial charge in [-0.1, -0.05) is 0 Å². The van der Waals surface area contributed by atoms with Gasteiger partial charge in [0.05, 0.1) is 34.4 Å². The first-order valence-corrected chi connectivity index (χ1v) is 7.02. The average Bonchev–Trinajstić information content (AvgIpc) is 2.53. The molecule has 0 bridgehead atoms. The number of benzene rings is 1. The van der Waals surface area contributed by atoms with E-state index in [2.05, 4.69) is 17.6 Å². The van der Waals surface area contributed by atoms with Gasteiger partial charge in [0.25, 0.3) is 5.91 Å². The summed E-state index contributed by atoms with van der Waals surface area (Å²) >= 11 is 0. The van der Waals surface area contributed by atoms with Crippen LogP contribution >= 0.6 is 0 Å². The third-order valence-corrected chi connectivity index (χ3v) is 3.61. The molecule has 2 rings (SSSR count). The van der Waals surface area contributed by atoms with Gasteiger partial charge in [0.15, 0.2) is 0 Å². The van der Waals surface area contributed by atoms with E-state index in [1.807, 2.05) is 0 Å². The van der Waals surface area contributed by atoms with Crippen molar-refractivity contribution >= 4 is 11.6 Å². The number of ether oxygens (including phenoxy) is 2. The van der Waals surface area contributed by atoms with Gasteiger partial charge in [0.1, 0.15) is 11.5 Å². The van der Waals surface area contributed by atoms with Crippen LogP contribution in [-0.2, 0) is 0 Å². The minimum Gasteiger partial charge on any atom is -0.497 e. The molecule has 0 atom stereocenters. The SMILES string of the molecule is COc1cc(OC)cc(C(=O)NN=C2CC[NH+](C)CC2)c1. The van der Waals surface area contributed by atoms with Crippen molar-refractivity contribution in [3.8, 4) is 11.5 Å². The lowest BCUT2D eigenvalue weighted by Crippen LogP contribution is -3.10. The number of carbonyl (C=O) groups is 1. The molecule has 1 amide bonds. The van der Waals surface area contributed by atoms with Crippen molar-refractivity contribution in [1.29, 1.82) is 0 Å². The Morgan fingerprint density at radius 1 is 1.14 bits per heavy atom. The van der Waals surface area contributed by atoms with Crippen LogP contribution in [0, 0.1) is 0 Å². The van der Waals surface area contributed by atoms with E-state index < -0.39 is 0 Å².